The number of imide groups is 1. The molecule has 2 aromatic carbocycles. The summed E-state index contributed by atoms with van der Waals surface area (Å²) in [6, 6.07) is 12.2. The van der Waals surface area contributed by atoms with Gasteiger partial charge in [-0.1, -0.05) is 38.1 Å². The van der Waals surface area contributed by atoms with Gasteiger partial charge >= 0.3 is 6.09 Å². The van der Waals surface area contributed by atoms with Crippen molar-refractivity contribution >= 4 is 29.5 Å². The van der Waals surface area contributed by atoms with Gasteiger partial charge in [0.25, 0.3) is 5.91 Å². The van der Waals surface area contributed by atoms with E-state index in [0.717, 1.165) is 11.1 Å². The minimum absolute atomic E-state index is 0.00861. The molecule has 0 saturated carbocycles. The van der Waals surface area contributed by atoms with Gasteiger partial charge in [0.2, 0.25) is 11.8 Å². The molecule has 1 unspecified atom stereocenters. The number of ether oxygens (including phenoxy) is 1. The molecule has 4 amide bonds. The van der Waals surface area contributed by atoms with Crippen molar-refractivity contribution in [1.29, 1.82) is 0 Å². The quantitative estimate of drug-likeness (QED) is 0.701. The fourth-order valence-corrected chi connectivity index (χ4v) is 3.97. The minimum Gasteiger partial charge on any atom is -0.444 e. The van der Waals surface area contributed by atoms with Gasteiger partial charge in [0.15, 0.2) is 0 Å². The van der Waals surface area contributed by atoms with Crippen molar-refractivity contribution in [3.05, 3.63) is 64.7 Å². The third-order valence-electron chi connectivity index (χ3n) is 5.76. The van der Waals surface area contributed by atoms with Crippen LogP contribution in [0.3, 0.4) is 0 Å². The molecule has 166 valence electrons. The van der Waals surface area contributed by atoms with E-state index in [0.29, 0.717) is 35.7 Å². The zero-order valence-corrected chi connectivity index (χ0v) is 18.0. The number of nitrogens with zero attached hydrogens (tertiary/aromatic N) is 1. The Bertz CT molecular complexity index is 1090. The topological polar surface area (TPSA) is 105 Å². The summed E-state index contributed by atoms with van der Waals surface area (Å²) < 4.78 is 5.32. The molecular weight excluding hydrogens is 410 g/mol. The minimum atomic E-state index is -0.653. The van der Waals surface area contributed by atoms with Crippen LogP contribution < -0.4 is 10.6 Å². The zero-order chi connectivity index (χ0) is 22.8. The number of hydrogen-bond acceptors (Lipinski definition) is 5. The summed E-state index contributed by atoms with van der Waals surface area (Å²) in [5, 5.41) is 5.01. The average molecular weight is 435 g/mol. The largest absolute Gasteiger partial charge is 0.444 e. The third-order valence-corrected chi connectivity index (χ3v) is 5.76. The van der Waals surface area contributed by atoms with Crippen LogP contribution in [0.25, 0.3) is 0 Å². The van der Waals surface area contributed by atoms with Crippen molar-refractivity contribution in [2.24, 2.45) is 0 Å². The van der Waals surface area contributed by atoms with Crippen molar-refractivity contribution in [1.82, 2.24) is 10.2 Å². The van der Waals surface area contributed by atoms with Crippen LogP contribution in [-0.2, 0) is 27.5 Å². The van der Waals surface area contributed by atoms with Gasteiger partial charge < -0.3 is 9.64 Å². The van der Waals surface area contributed by atoms with E-state index in [2.05, 4.69) is 24.5 Å². The Labute approximate surface area is 185 Å². The highest BCUT2D eigenvalue weighted by Gasteiger charge is 2.39. The van der Waals surface area contributed by atoms with Crippen LogP contribution in [0, 0.1) is 0 Å². The molecule has 2 N–H and O–H groups in total. The molecule has 32 heavy (non-hydrogen) atoms. The van der Waals surface area contributed by atoms with Gasteiger partial charge in [0.1, 0.15) is 12.6 Å². The van der Waals surface area contributed by atoms with E-state index in [-0.39, 0.29) is 24.8 Å². The molecule has 4 rings (SSSR count). The lowest BCUT2D eigenvalue weighted by Crippen LogP contribution is -2.52. The number of anilines is 1. The molecule has 0 spiro atoms. The molecule has 0 bridgehead atoms. The molecule has 2 heterocycles. The summed E-state index contributed by atoms with van der Waals surface area (Å²) in [6.07, 6.45) is -0.0495. The van der Waals surface area contributed by atoms with Gasteiger partial charge in [-0.2, -0.15) is 0 Å². The number of carbonyl (C=O) groups excluding carboxylic acids is 4. The number of piperidine rings is 1. The molecule has 0 aromatic heterocycles. The van der Waals surface area contributed by atoms with Crippen LogP contribution >= 0.6 is 0 Å². The van der Waals surface area contributed by atoms with Crippen LogP contribution in [0.15, 0.2) is 42.5 Å². The number of hydrogen-bond donors (Lipinski definition) is 2. The average Bonchev–Trinajstić information content (AvgIpc) is 3.08. The van der Waals surface area contributed by atoms with E-state index in [1.165, 1.54) is 4.90 Å². The van der Waals surface area contributed by atoms with Crippen molar-refractivity contribution in [3.8, 4) is 0 Å². The Morgan fingerprint density at radius 2 is 2.00 bits per heavy atom. The number of amides is 4. The molecule has 1 fully saturated rings. The maximum atomic E-state index is 12.9. The number of benzene rings is 2. The van der Waals surface area contributed by atoms with E-state index < -0.39 is 18.0 Å². The summed E-state index contributed by atoms with van der Waals surface area (Å²) in [5.74, 6) is -0.670. The molecule has 2 aliphatic rings. The zero-order valence-electron chi connectivity index (χ0n) is 18.0. The fourth-order valence-electron chi connectivity index (χ4n) is 3.97. The van der Waals surface area contributed by atoms with E-state index >= 15 is 0 Å². The predicted molar refractivity (Wildman–Crippen MR) is 117 cm³/mol. The first kappa shape index (κ1) is 21.5. The van der Waals surface area contributed by atoms with Gasteiger partial charge in [-0.15, -0.1) is 0 Å². The molecule has 8 heteroatoms. The Morgan fingerprint density at radius 3 is 2.75 bits per heavy atom. The van der Waals surface area contributed by atoms with Gasteiger partial charge in [0, 0.05) is 24.2 Å². The highest BCUT2D eigenvalue weighted by atomic mass is 16.5. The number of rotatable bonds is 5. The summed E-state index contributed by atoms with van der Waals surface area (Å²) in [6.45, 7) is 4.48. The molecular formula is C24H25N3O5. The summed E-state index contributed by atoms with van der Waals surface area (Å²) in [7, 11) is 0. The standard InChI is InChI=1S/C24H25N3O5/c1-14(2)16-4-3-5-18(11-16)25-24(31)32-13-15-6-7-17-12-27(23(30)19(17)10-15)20-8-9-21(28)26-22(20)29/h3-7,10-11,14,20H,8-9,12-13H2,1-2H3,(H,25,31)(H,26,28,29). The van der Waals surface area contributed by atoms with Crippen LogP contribution in [0.2, 0.25) is 0 Å². The Morgan fingerprint density at radius 1 is 1.19 bits per heavy atom. The van der Waals surface area contributed by atoms with Gasteiger partial charge in [-0.25, -0.2) is 4.79 Å². The molecule has 1 saturated heterocycles. The van der Waals surface area contributed by atoms with Crippen molar-refractivity contribution < 1.29 is 23.9 Å². The Kier molecular flexibility index (Phi) is 5.94. The molecule has 0 radical (unpaired) electrons. The lowest BCUT2D eigenvalue weighted by molar-refractivity contribution is -0.136. The smallest absolute Gasteiger partial charge is 0.411 e. The first-order valence-corrected chi connectivity index (χ1v) is 10.6. The predicted octanol–water partition coefficient (Wildman–Crippen LogP) is 3.32. The van der Waals surface area contributed by atoms with Crippen molar-refractivity contribution in [3.63, 3.8) is 0 Å². The fraction of sp³-hybridized carbons (Fsp3) is 0.333. The van der Waals surface area contributed by atoms with Crippen molar-refractivity contribution in [2.75, 3.05) is 5.32 Å². The summed E-state index contributed by atoms with van der Waals surface area (Å²) in [5.41, 5.74) is 3.73. The van der Waals surface area contributed by atoms with Gasteiger partial charge in [-0.05, 0) is 47.2 Å². The molecule has 2 aromatic rings. The highest BCUT2D eigenvalue weighted by Crippen LogP contribution is 2.28. The third kappa shape index (κ3) is 4.49. The first-order valence-electron chi connectivity index (χ1n) is 10.6. The second-order valence-corrected chi connectivity index (χ2v) is 8.37. The highest BCUT2D eigenvalue weighted by molar-refractivity contribution is 6.05. The number of fused-ring (bicyclic) bond motifs is 1. The molecule has 1 atom stereocenters. The normalized spacial score (nSPS) is 17.9. The Balaban J connectivity index is 1.37. The number of nitrogens with one attached hydrogen (secondary N) is 2. The maximum absolute atomic E-state index is 12.9. The molecule has 0 aliphatic carbocycles. The monoisotopic (exact) mass is 435 g/mol. The Hall–Kier alpha value is -3.68. The van der Waals surface area contributed by atoms with Crippen LogP contribution in [0.5, 0.6) is 0 Å². The number of carbonyl (C=O) groups is 4. The first-order chi connectivity index (χ1) is 15.3. The van der Waals surface area contributed by atoms with E-state index in [1.54, 1.807) is 18.2 Å². The summed E-state index contributed by atoms with van der Waals surface area (Å²) >= 11 is 0. The molecule has 8 nitrogen and oxygen atoms in total. The summed E-state index contributed by atoms with van der Waals surface area (Å²) in [4.78, 5) is 50.1. The lowest BCUT2D eigenvalue weighted by Gasteiger charge is -2.29. The second kappa shape index (κ2) is 8.82. The van der Waals surface area contributed by atoms with Crippen molar-refractivity contribution in [2.45, 2.75) is 51.8 Å². The van der Waals surface area contributed by atoms with Crippen LogP contribution in [0.1, 0.15) is 59.7 Å². The second-order valence-electron chi connectivity index (χ2n) is 8.37. The lowest BCUT2D eigenvalue weighted by atomic mass is 10.0. The van der Waals surface area contributed by atoms with E-state index in [1.807, 2.05) is 24.3 Å². The van der Waals surface area contributed by atoms with Gasteiger partial charge in [-0.3, -0.25) is 25.0 Å². The maximum Gasteiger partial charge on any atom is 0.411 e. The van der Waals surface area contributed by atoms with E-state index in [9.17, 15) is 19.2 Å². The van der Waals surface area contributed by atoms with Crippen LogP contribution in [0.4, 0.5) is 10.5 Å². The van der Waals surface area contributed by atoms with Crippen LogP contribution in [-0.4, -0.2) is 34.8 Å². The SMILES string of the molecule is CC(C)c1cccc(NC(=O)OCc2ccc3c(c2)C(=O)N(C2CCC(=O)NC2=O)C3)c1. The van der Waals surface area contributed by atoms with Gasteiger partial charge in [0.05, 0.1) is 0 Å². The van der Waals surface area contributed by atoms with E-state index in [4.69, 9.17) is 4.74 Å². The molecule has 2 aliphatic heterocycles.